The molecule has 0 atom stereocenters. The van der Waals surface area contributed by atoms with Crippen molar-refractivity contribution in [2.75, 3.05) is 19.0 Å². The second-order valence-corrected chi connectivity index (χ2v) is 5.82. The molecule has 2 rings (SSSR count). The predicted octanol–water partition coefficient (Wildman–Crippen LogP) is 4.13. The molecular formula is C17H19BrN2O2. The third kappa shape index (κ3) is 4.49. The fourth-order valence-corrected chi connectivity index (χ4v) is 2.63. The van der Waals surface area contributed by atoms with Gasteiger partial charge in [0.1, 0.15) is 5.75 Å². The van der Waals surface area contributed by atoms with Crippen molar-refractivity contribution in [2.45, 2.75) is 13.3 Å². The van der Waals surface area contributed by atoms with Gasteiger partial charge in [0.15, 0.2) is 0 Å². The summed E-state index contributed by atoms with van der Waals surface area (Å²) in [6.07, 6.45) is 0.719. The van der Waals surface area contributed by atoms with Gasteiger partial charge in [-0.15, -0.1) is 0 Å². The summed E-state index contributed by atoms with van der Waals surface area (Å²) >= 11 is 3.40. The Labute approximate surface area is 139 Å². The van der Waals surface area contributed by atoms with E-state index in [0.29, 0.717) is 6.54 Å². The molecule has 2 N–H and O–H groups in total. The maximum atomic E-state index is 11.9. The third-order valence-corrected chi connectivity index (χ3v) is 3.80. The Bertz CT molecular complexity index is 659. The zero-order valence-electron chi connectivity index (χ0n) is 12.7. The van der Waals surface area contributed by atoms with Crippen LogP contribution in [-0.2, 0) is 6.42 Å². The summed E-state index contributed by atoms with van der Waals surface area (Å²) in [4.78, 5) is 11.9. The number of benzene rings is 2. The number of hydrogen-bond acceptors (Lipinski definition) is 2. The molecule has 0 bridgehead atoms. The van der Waals surface area contributed by atoms with Crippen molar-refractivity contribution in [3.63, 3.8) is 0 Å². The molecule has 0 aliphatic heterocycles. The Kier molecular flexibility index (Phi) is 5.83. The number of carbonyl (C=O) groups excluding carboxylic acids is 1. The summed E-state index contributed by atoms with van der Waals surface area (Å²) < 4.78 is 6.29. The predicted molar refractivity (Wildman–Crippen MR) is 92.6 cm³/mol. The molecule has 0 spiro atoms. The number of anilines is 1. The lowest BCUT2D eigenvalue weighted by molar-refractivity contribution is 0.252. The molecule has 0 fully saturated rings. The SMILES string of the molecule is COc1ccccc1CCNC(=O)Nc1ccc(Br)cc1C. The number of carbonyl (C=O) groups is 1. The molecule has 0 radical (unpaired) electrons. The normalized spacial score (nSPS) is 10.1. The zero-order chi connectivity index (χ0) is 15.9. The first-order chi connectivity index (χ1) is 10.6. The molecule has 0 saturated heterocycles. The van der Waals surface area contributed by atoms with Gasteiger partial charge in [-0.3, -0.25) is 0 Å². The number of nitrogens with one attached hydrogen (secondary N) is 2. The highest BCUT2D eigenvalue weighted by Crippen LogP contribution is 2.20. The summed E-state index contributed by atoms with van der Waals surface area (Å²) in [6, 6.07) is 13.3. The highest BCUT2D eigenvalue weighted by atomic mass is 79.9. The monoisotopic (exact) mass is 362 g/mol. The number of aryl methyl sites for hydroxylation is 1. The topological polar surface area (TPSA) is 50.4 Å². The van der Waals surface area contributed by atoms with E-state index < -0.39 is 0 Å². The first-order valence-electron chi connectivity index (χ1n) is 7.03. The van der Waals surface area contributed by atoms with Gasteiger partial charge in [0.25, 0.3) is 0 Å². The second kappa shape index (κ2) is 7.84. The molecule has 0 aliphatic carbocycles. The lowest BCUT2D eigenvalue weighted by Gasteiger charge is -2.11. The van der Waals surface area contributed by atoms with Crippen molar-refractivity contribution in [3.05, 3.63) is 58.1 Å². The summed E-state index contributed by atoms with van der Waals surface area (Å²) in [6.45, 7) is 2.50. The van der Waals surface area contributed by atoms with Crippen LogP contribution in [0, 0.1) is 6.92 Å². The van der Waals surface area contributed by atoms with Gasteiger partial charge in [0.05, 0.1) is 7.11 Å². The number of ether oxygens (including phenoxy) is 1. The molecule has 116 valence electrons. The van der Waals surface area contributed by atoms with Crippen LogP contribution in [0.25, 0.3) is 0 Å². The fourth-order valence-electron chi connectivity index (χ4n) is 2.15. The van der Waals surface area contributed by atoms with E-state index in [1.165, 1.54) is 0 Å². The molecule has 4 nitrogen and oxygen atoms in total. The van der Waals surface area contributed by atoms with Crippen molar-refractivity contribution < 1.29 is 9.53 Å². The average molecular weight is 363 g/mol. The standard InChI is InChI=1S/C17H19BrN2O2/c1-12-11-14(18)7-8-15(12)20-17(21)19-10-9-13-5-3-4-6-16(13)22-2/h3-8,11H,9-10H2,1-2H3,(H2,19,20,21). The number of urea groups is 1. The minimum atomic E-state index is -0.208. The van der Waals surface area contributed by atoms with Gasteiger partial charge in [-0.2, -0.15) is 0 Å². The highest BCUT2D eigenvalue weighted by molar-refractivity contribution is 9.10. The average Bonchev–Trinajstić information content (AvgIpc) is 2.50. The maximum Gasteiger partial charge on any atom is 0.319 e. The van der Waals surface area contributed by atoms with Crippen LogP contribution >= 0.6 is 15.9 Å². The van der Waals surface area contributed by atoms with Gasteiger partial charge in [0, 0.05) is 16.7 Å². The van der Waals surface area contributed by atoms with Crippen LogP contribution in [0.2, 0.25) is 0 Å². The van der Waals surface area contributed by atoms with Crippen molar-refractivity contribution in [1.82, 2.24) is 5.32 Å². The first kappa shape index (κ1) is 16.4. The second-order valence-electron chi connectivity index (χ2n) is 4.90. The van der Waals surface area contributed by atoms with E-state index in [1.54, 1.807) is 7.11 Å². The van der Waals surface area contributed by atoms with E-state index >= 15 is 0 Å². The summed E-state index contributed by atoms with van der Waals surface area (Å²) in [5, 5.41) is 5.71. The van der Waals surface area contributed by atoms with E-state index in [4.69, 9.17) is 4.74 Å². The minimum Gasteiger partial charge on any atom is -0.496 e. The zero-order valence-corrected chi connectivity index (χ0v) is 14.2. The molecule has 2 amide bonds. The van der Waals surface area contributed by atoms with Gasteiger partial charge < -0.3 is 15.4 Å². The highest BCUT2D eigenvalue weighted by Gasteiger charge is 2.06. The van der Waals surface area contributed by atoms with E-state index in [9.17, 15) is 4.79 Å². The lowest BCUT2D eigenvalue weighted by atomic mass is 10.1. The Morgan fingerprint density at radius 1 is 1.23 bits per heavy atom. The van der Waals surface area contributed by atoms with E-state index in [2.05, 4.69) is 26.6 Å². The molecule has 2 aromatic carbocycles. The number of methoxy groups -OCH3 is 1. The number of amides is 2. The Balaban J connectivity index is 1.85. The number of hydrogen-bond donors (Lipinski definition) is 2. The van der Waals surface area contributed by atoms with Crippen LogP contribution in [0.3, 0.4) is 0 Å². The molecule has 0 aromatic heterocycles. The summed E-state index contributed by atoms with van der Waals surface area (Å²) in [7, 11) is 1.65. The lowest BCUT2D eigenvalue weighted by Crippen LogP contribution is -2.30. The number of para-hydroxylation sites is 1. The first-order valence-corrected chi connectivity index (χ1v) is 7.82. The fraction of sp³-hybridized carbons (Fsp3) is 0.235. The molecule has 0 aliphatic rings. The van der Waals surface area contributed by atoms with Gasteiger partial charge in [-0.25, -0.2) is 4.79 Å². The Hall–Kier alpha value is -2.01. The van der Waals surface area contributed by atoms with E-state index in [-0.39, 0.29) is 6.03 Å². The number of halogens is 1. The maximum absolute atomic E-state index is 11.9. The van der Waals surface area contributed by atoms with Crippen LogP contribution < -0.4 is 15.4 Å². The summed E-state index contributed by atoms with van der Waals surface area (Å²) in [5.74, 6) is 0.841. The molecule has 0 heterocycles. The largest absolute Gasteiger partial charge is 0.496 e. The van der Waals surface area contributed by atoms with E-state index in [1.807, 2.05) is 49.4 Å². The van der Waals surface area contributed by atoms with Gasteiger partial charge in [0.2, 0.25) is 0 Å². The summed E-state index contributed by atoms with van der Waals surface area (Å²) in [5.41, 5.74) is 2.89. The molecule has 2 aromatic rings. The molecular weight excluding hydrogens is 344 g/mol. The van der Waals surface area contributed by atoms with Crippen LogP contribution in [-0.4, -0.2) is 19.7 Å². The van der Waals surface area contributed by atoms with Crippen molar-refractivity contribution in [3.8, 4) is 5.75 Å². The van der Waals surface area contributed by atoms with Crippen molar-refractivity contribution in [2.24, 2.45) is 0 Å². The van der Waals surface area contributed by atoms with E-state index in [0.717, 1.165) is 33.5 Å². The van der Waals surface area contributed by atoms with Crippen molar-refractivity contribution in [1.29, 1.82) is 0 Å². The Morgan fingerprint density at radius 2 is 2.00 bits per heavy atom. The van der Waals surface area contributed by atoms with Crippen molar-refractivity contribution >= 4 is 27.6 Å². The van der Waals surface area contributed by atoms with Gasteiger partial charge in [-0.1, -0.05) is 34.1 Å². The molecule has 0 saturated carbocycles. The molecule has 5 heteroatoms. The van der Waals surface area contributed by atoms with Crippen LogP contribution in [0.1, 0.15) is 11.1 Å². The quantitative estimate of drug-likeness (QED) is 0.839. The molecule has 0 unspecified atom stereocenters. The smallest absolute Gasteiger partial charge is 0.319 e. The van der Waals surface area contributed by atoms with Crippen LogP contribution in [0.4, 0.5) is 10.5 Å². The minimum absolute atomic E-state index is 0.208. The third-order valence-electron chi connectivity index (χ3n) is 3.31. The molecule has 22 heavy (non-hydrogen) atoms. The van der Waals surface area contributed by atoms with Gasteiger partial charge in [-0.05, 0) is 48.7 Å². The van der Waals surface area contributed by atoms with Crippen LogP contribution in [0.15, 0.2) is 46.9 Å². The van der Waals surface area contributed by atoms with Gasteiger partial charge >= 0.3 is 6.03 Å². The van der Waals surface area contributed by atoms with Crippen LogP contribution in [0.5, 0.6) is 5.75 Å². The number of rotatable bonds is 5. The Morgan fingerprint density at radius 3 is 2.73 bits per heavy atom.